The van der Waals surface area contributed by atoms with E-state index < -0.39 is 0 Å². The van der Waals surface area contributed by atoms with Crippen LogP contribution in [0.4, 0.5) is 0 Å². The molecule has 33 heavy (non-hydrogen) atoms. The van der Waals surface area contributed by atoms with Crippen molar-refractivity contribution in [2.24, 2.45) is 0 Å². The maximum Gasteiger partial charge on any atom is 0.230 e. The summed E-state index contributed by atoms with van der Waals surface area (Å²) in [5, 5.41) is 14.6. The van der Waals surface area contributed by atoms with Crippen LogP contribution in [0.15, 0.2) is 40.6 Å². The average Bonchev–Trinajstić information content (AvgIpc) is 3.42. The average molecular weight is 500 g/mol. The number of carbonyl (C=O) groups is 1. The van der Waals surface area contributed by atoms with E-state index in [0.29, 0.717) is 18.3 Å². The largest absolute Gasteiger partial charge is 0.369 e. The van der Waals surface area contributed by atoms with Crippen molar-refractivity contribution in [3.63, 3.8) is 0 Å². The van der Waals surface area contributed by atoms with Crippen LogP contribution in [-0.4, -0.2) is 43.1 Å². The number of rotatable bonds is 7. The summed E-state index contributed by atoms with van der Waals surface area (Å²) in [7, 11) is 0. The first-order chi connectivity index (χ1) is 16.0. The Morgan fingerprint density at radius 1 is 1.27 bits per heavy atom. The first-order valence-corrected chi connectivity index (χ1v) is 13.8. The van der Waals surface area contributed by atoms with Gasteiger partial charge in [0.15, 0.2) is 16.0 Å². The Bertz CT molecular complexity index is 1320. The highest BCUT2D eigenvalue weighted by molar-refractivity contribution is 8.00. The fourth-order valence-electron chi connectivity index (χ4n) is 3.95. The summed E-state index contributed by atoms with van der Waals surface area (Å²) in [5.74, 6) is 0.229. The van der Waals surface area contributed by atoms with Crippen LogP contribution >= 0.6 is 34.9 Å². The number of thioether (sulfide) groups is 2. The molecule has 10 heteroatoms. The molecule has 1 amide bonds. The number of aromatic nitrogens is 4. The van der Waals surface area contributed by atoms with Crippen molar-refractivity contribution in [3.05, 3.63) is 46.3 Å². The van der Waals surface area contributed by atoms with Crippen LogP contribution in [0.1, 0.15) is 36.3 Å². The molecule has 4 heterocycles. The zero-order valence-electron chi connectivity index (χ0n) is 18.8. The number of hydrogen-bond donors (Lipinski definition) is 1. The van der Waals surface area contributed by atoms with E-state index in [1.54, 1.807) is 23.1 Å². The second kappa shape index (κ2) is 9.25. The van der Waals surface area contributed by atoms with Gasteiger partial charge in [-0.2, -0.15) is 0 Å². The van der Waals surface area contributed by atoms with E-state index in [1.165, 1.54) is 22.2 Å². The molecule has 1 atom stereocenters. The molecule has 0 fully saturated rings. The van der Waals surface area contributed by atoms with Crippen molar-refractivity contribution in [3.8, 4) is 0 Å². The summed E-state index contributed by atoms with van der Waals surface area (Å²) in [5.41, 5.74) is 2.99. The minimum absolute atomic E-state index is 0.0379. The minimum atomic E-state index is -0.176. The summed E-state index contributed by atoms with van der Waals surface area (Å²) in [6.45, 7) is 5.45. The lowest BCUT2D eigenvalue weighted by atomic mass is 9.90. The molecule has 0 bridgehead atoms. The van der Waals surface area contributed by atoms with Gasteiger partial charge < -0.3 is 10.1 Å². The summed E-state index contributed by atoms with van der Waals surface area (Å²) >= 11 is 4.63. The third-order valence-electron chi connectivity index (χ3n) is 6.02. The number of carbonyl (C=O) groups excluding carboxylic acids is 1. The minimum Gasteiger partial charge on any atom is -0.369 e. The maximum absolute atomic E-state index is 12.4. The van der Waals surface area contributed by atoms with Crippen molar-refractivity contribution >= 4 is 56.6 Å². The highest BCUT2D eigenvalue weighted by atomic mass is 32.2. The standard InChI is InChI=1S/C23H25N5O2S3/c1-4-23(2)10-15-16(12-30-23)33-20-18(15)19-26-27-22(28(19)21(25-20)31-3)32-13-17(29)24-11-14-8-6-5-7-9-14/h5-9H,4,10-13H2,1-3H3,(H,24,29)/t23-/m1/s1. The number of thiophene rings is 1. The number of ether oxygens (including phenoxy) is 1. The van der Waals surface area contributed by atoms with Crippen LogP contribution in [0.2, 0.25) is 0 Å². The lowest BCUT2D eigenvalue weighted by Crippen LogP contribution is -2.33. The quantitative estimate of drug-likeness (QED) is 0.291. The first kappa shape index (κ1) is 22.6. The van der Waals surface area contributed by atoms with Gasteiger partial charge in [0.2, 0.25) is 5.91 Å². The zero-order valence-corrected chi connectivity index (χ0v) is 21.2. The summed E-state index contributed by atoms with van der Waals surface area (Å²) in [4.78, 5) is 19.6. The lowest BCUT2D eigenvalue weighted by Gasteiger charge is -2.32. The van der Waals surface area contributed by atoms with Gasteiger partial charge in [0.1, 0.15) is 4.83 Å². The van der Waals surface area contributed by atoms with Crippen molar-refractivity contribution in [1.82, 2.24) is 24.9 Å². The number of fused-ring (bicyclic) bond motifs is 5. The van der Waals surface area contributed by atoms with E-state index in [2.05, 4.69) is 29.4 Å². The molecule has 1 aromatic carbocycles. The molecule has 3 aromatic heterocycles. The van der Waals surface area contributed by atoms with E-state index in [1.807, 2.05) is 41.0 Å². The Balaban J connectivity index is 1.43. The Morgan fingerprint density at radius 2 is 2.09 bits per heavy atom. The van der Waals surface area contributed by atoms with E-state index in [-0.39, 0.29) is 17.3 Å². The molecule has 1 aliphatic heterocycles. The van der Waals surface area contributed by atoms with Crippen LogP contribution in [0.5, 0.6) is 0 Å². The summed E-state index contributed by atoms with van der Waals surface area (Å²) in [6, 6.07) is 9.89. The van der Waals surface area contributed by atoms with Gasteiger partial charge in [-0.15, -0.1) is 21.5 Å². The van der Waals surface area contributed by atoms with Gasteiger partial charge in [-0.25, -0.2) is 9.38 Å². The number of hydrogen-bond acceptors (Lipinski definition) is 8. The van der Waals surface area contributed by atoms with Gasteiger partial charge in [-0.3, -0.25) is 4.79 Å². The Kier molecular flexibility index (Phi) is 6.34. The van der Waals surface area contributed by atoms with Gasteiger partial charge in [0, 0.05) is 17.8 Å². The third kappa shape index (κ3) is 4.37. The van der Waals surface area contributed by atoms with E-state index in [4.69, 9.17) is 9.72 Å². The summed E-state index contributed by atoms with van der Waals surface area (Å²) in [6.07, 6.45) is 3.79. The number of nitrogens with one attached hydrogen (secondary N) is 1. The Labute approximate surface area is 204 Å². The van der Waals surface area contributed by atoms with Gasteiger partial charge in [0.05, 0.1) is 23.3 Å². The predicted octanol–water partition coefficient (Wildman–Crippen LogP) is 4.71. The Hall–Kier alpha value is -2.14. The van der Waals surface area contributed by atoms with Crippen molar-refractivity contribution in [2.45, 2.75) is 55.8 Å². The van der Waals surface area contributed by atoms with Gasteiger partial charge >= 0.3 is 0 Å². The Morgan fingerprint density at radius 3 is 2.85 bits per heavy atom. The van der Waals surface area contributed by atoms with Crippen molar-refractivity contribution in [2.75, 3.05) is 12.0 Å². The molecule has 0 saturated heterocycles. The molecule has 0 unspecified atom stereocenters. The van der Waals surface area contributed by atoms with Crippen LogP contribution < -0.4 is 5.32 Å². The number of benzene rings is 1. The van der Waals surface area contributed by atoms with Crippen LogP contribution in [0, 0.1) is 0 Å². The molecule has 5 rings (SSSR count). The highest BCUT2D eigenvalue weighted by Gasteiger charge is 2.33. The number of amides is 1. The second-order valence-electron chi connectivity index (χ2n) is 8.24. The van der Waals surface area contributed by atoms with Crippen LogP contribution in [0.25, 0.3) is 15.9 Å². The fourth-order valence-corrected chi connectivity index (χ4v) is 6.47. The van der Waals surface area contributed by atoms with Gasteiger partial charge in [-0.05, 0) is 30.7 Å². The molecular formula is C23H25N5O2S3. The number of nitrogens with zero attached hydrogens (tertiary/aromatic N) is 4. The van der Waals surface area contributed by atoms with Crippen molar-refractivity contribution < 1.29 is 9.53 Å². The molecule has 1 N–H and O–H groups in total. The zero-order chi connectivity index (χ0) is 23.0. The maximum atomic E-state index is 12.4. The third-order valence-corrected chi connectivity index (χ3v) is 8.68. The van der Waals surface area contributed by atoms with E-state index in [0.717, 1.165) is 39.4 Å². The molecule has 1 aliphatic rings. The smallest absolute Gasteiger partial charge is 0.230 e. The second-order valence-corrected chi connectivity index (χ2v) is 11.0. The van der Waals surface area contributed by atoms with Crippen LogP contribution in [0.3, 0.4) is 0 Å². The predicted molar refractivity (Wildman–Crippen MR) is 134 cm³/mol. The molecule has 7 nitrogen and oxygen atoms in total. The molecule has 0 aliphatic carbocycles. The lowest BCUT2D eigenvalue weighted by molar-refractivity contribution is -0.118. The SMILES string of the molecule is CC[C@]1(C)Cc2c(sc3nc(SC)n4c(SCC(=O)NCc5ccccc5)nnc4c23)CO1. The molecular weight excluding hydrogens is 474 g/mol. The van der Waals surface area contributed by atoms with Gasteiger partial charge in [0.25, 0.3) is 0 Å². The summed E-state index contributed by atoms with van der Waals surface area (Å²) < 4.78 is 8.14. The molecule has 0 radical (unpaired) electrons. The van der Waals surface area contributed by atoms with Gasteiger partial charge in [-0.1, -0.05) is 60.8 Å². The van der Waals surface area contributed by atoms with Crippen molar-refractivity contribution in [1.29, 1.82) is 0 Å². The highest BCUT2D eigenvalue weighted by Crippen LogP contribution is 2.42. The first-order valence-electron chi connectivity index (χ1n) is 10.8. The van der Waals surface area contributed by atoms with E-state index in [9.17, 15) is 4.79 Å². The topological polar surface area (TPSA) is 81.4 Å². The monoisotopic (exact) mass is 499 g/mol. The normalized spacial score (nSPS) is 18.0. The molecule has 172 valence electrons. The van der Waals surface area contributed by atoms with E-state index >= 15 is 0 Å². The molecule has 0 saturated carbocycles. The fraction of sp³-hybridized carbons (Fsp3) is 0.391. The van der Waals surface area contributed by atoms with Crippen LogP contribution in [-0.2, 0) is 29.1 Å². The molecule has 4 aromatic rings. The molecule has 0 spiro atoms.